The first kappa shape index (κ1) is 21.4. The molecule has 0 aromatic heterocycles. The van der Waals surface area contributed by atoms with Crippen molar-refractivity contribution in [3.05, 3.63) is 29.3 Å². The summed E-state index contributed by atoms with van der Waals surface area (Å²) in [5, 5.41) is 1.09. The van der Waals surface area contributed by atoms with Crippen molar-refractivity contribution in [1.82, 2.24) is 0 Å². The van der Waals surface area contributed by atoms with Gasteiger partial charge in [0.2, 0.25) is 0 Å². The minimum absolute atomic E-state index is 0.378. The standard InChI is InChI=1S/C20H36O3Si/c1-15-13-12-14-16(2)17(15)24(21-18(3,4)5,22-19(6,7)8)23-20(9,10)11/h12-14H,1-11H3. The molecule has 1 aromatic carbocycles. The largest absolute Gasteiger partial charge is 0.539 e. The third kappa shape index (κ3) is 6.32. The van der Waals surface area contributed by atoms with Crippen molar-refractivity contribution in [2.24, 2.45) is 0 Å². The Morgan fingerprint density at radius 1 is 0.625 bits per heavy atom. The van der Waals surface area contributed by atoms with Crippen LogP contribution >= 0.6 is 0 Å². The number of rotatable bonds is 4. The fraction of sp³-hybridized carbons (Fsp3) is 0.700. The average Bonchev–Trinajstić information content (AvgIpc) is 2.19. The van der Waals surface area contributed by atoms with Crippen molar-refractivity contribution in [1.29, 1.82) is 0 Å². The Hall–Kier alpha value is -0.683. The Bertz CT molecular complexity index is 499. The van der Waals surface area contributed by atoms with Crippen LogP contribution in [0, 0.1) is 13.8 Å². The predicted molar refractivity (Wildman–Crippen MR) is 104 cm³/mol. The summed E-state index contributed by atoms with van der Waals surface area (Å²) in [7, 11) is -3.17. The molecule has 4 heteroatoms. The summed E-state index contributed by atoms with van der Waals surface area (Å²) >= 11 is 0. The molecule has 0 heterocycles. The van der Waals surface area contributed by atoms with Crippen molar-refractivity contribution in [3.63, 3.8) is 0 Å². The lowest BCUT2D eigenvalue weighted by Gasteiger charge is -2.44. The minimum atomic E-state index is -3.17. The van der Waals surface area contributed by atoms with Gasteiger partial charge in [-0.05, 0) is 87.3 Å². The second kappa shape index (κ2) is 6.91. The summed E-state index contributed by atoms with van der Waals surface area (Å²) in [5.74, 6) is 0. The SMILES string of the molecule is Cc1cccc(C)c1[Si](OC(C)(C)C)(OC(C)(C)C)OC(C)(C)C. The smallest absolute Gasteiger partial charge is 0.365 e. The number of hydrogen-bond acceptors (Lipinski definition) is 3. The quantitative estimate of drug-likeness (QED) is 0.722. The summed E-state index contributed by atoms with van der Waals surface area (Å²) < 4.78 is 19.9. The lowest BCUT2D eigenvalue weighted by atomic mass is 10.2. The van der Waals surface area contributed by atoms with Gasteiger partial charge in [-0.3, -0.25) is 0 Å². The molecule has 3 nitrogen and oxygen atoms in total. The first-order valence-corrected chi connectivity index (χ1v) is 10.4. The Labute approximate surface area is 150 Å². The molecule has 0 bridgehead atoms. The fourth-order valence-corrected chi connectivity index (χ4v) is 6.70. The van der Waals surface area contributed by atoms with Crippen LogP contribution < -0.4 is 5.19 Å². The van der Waals surface area contributed by atoms with Crippen molar-refractivity contribution >= 4 is 14.0 Å². The maximum Gasteiger partial charge on any atom is 0.539 e. The van der Waals surface area contributed by atoms with Gasteiger partial charge in [0.25, 0.3) is 0 Å². The number of aryl methyl sites for hydroxylation is 2. The van der Waals surface area contributed by atoms with E-state index in [4.69, 9.17) is 13.3 Å². The van der Waals surface area contributed by atoms with Gasteiger partial charge in [-0.1, -0.05) is 18.2 Å². The van der Waals surface area contributed by atoms with Crippen LogP contribution in [0.3, 0.4) is 0 Å². The lowest BCUT2D eigenvalue weighted by molar-refractivity contribution is -0.0656. The van der Waals surface area contributed by atoms with E-state index in [0.717, 1.165) is 16.3 Å². The van der Waals surface area contributed by atoms with Gasteiger partial charge in [0.15, 0.2) is 0 Å². The van der Waals surface area contributed by atoms with Crippen molar-refractivity contribution in [3.8, 4) is 0 Å². The average molecular weight is 353 g/mol. The Kier molecular flexibility index (Phi) is 6.15. The van der Waals surface area contributed by atoms with Crippen LogP contribution in [0.4, 0.5) is 0 Å². The zero-order chi connectivity index (χ0) is 19.0. The molecule has 0 saturated heterocycles. The van der Waals surface area contributed by atoms with Crippen LogP contribution in [0.25, 0.3) is 0 Å². The molecule has 0 fully saturated rings. The first-order valence-electron chi connectivity index (χ1n) is 8.72. The van der Waals surface area contributed by atoms with Crippen LogP contribution in [0.1, 0.15) is 73.4 Å². The second-order valence-corrected chi connectivity index (χ2v) is 11.7. The van der Waals surface area contributed by atoms with Crippen molar-refractivity contribution in [2.75, 3.05) is 0 Å². The molecule has 0 saturated carbocycles. The van der Waals surface area contributed by atoms with Crippen molar-refractivity contribution in [2.45, 2.75) is 93.0 Å². The third-order valence-electron chi connectivity index (χ3n) is 3.11. The summed E-state index contributed by atoms with van der Waals surface area (Å²) in [4.78, 5) is 0. The zero-order valence-corrected chi connectivity index (χ0v) is 18.5. The molecule has 0 unspecified atom stereocenters. The summed E-state index contributed by atoms with van der Waals surface area (Å²) in [6.07, 6.45) is 0. The molecule has 0 N–H and O–H groups in total. The van der Waals surface area contributed by atoms with E-state index in [1.807, 2.05) is 0 Å². The van der Waals surface area contributed by atoms with Crippen LogP contribution in [-0.2, 0) is 13.3 Å². The van der Waals surface area contributed by atoms with E-state index >= 15 is 0 Å². The molecule has 1 rings (SSSR count). The van der Waals surface area contributed by atoms with Crippen LogP contribution in [0.2, 0.25) is 0 Å². The highest BCUT2D eigenvalue weighted by molar-refractivity contribution is 6.76. The van der Waals surface area contributed by atoms with Crippen LogP contribution in [0.5, 0.6) is 0 Å². The maximum atomic E-state index is 6.62. The molecule has 0 spiro atoms. The molecule has 0 aliphatic carbocycles. The Morgan fingerprint density at radius 3 is 1.17 bits per heavy atom. The molecule has 0 amide bonds. The number of hydrogen-bond donors (Lipinski definition) is 0. The van der Waals surface area contributed by atoms with E-state index in [0.29, 0.717) is 0 Å². The van der Waals surface area contributed by atoms with E-state index in [-0.39, 0.29) is 16.8 Å². The summed E-state index contributed by atoms with van der Waals surface area (Å²) in [6.45, 7) is 22.7. The van der Waals surface area contributed by atoms with Gasteiger partial charge < -0.3 is 13.3 Å². The molecule has 0 aliphatic heterocycles. The van der Waals surface area contributed by atoms with Crippen LogP contribution in [0.15, 0.2) is 18.2 Å². The molecule has 0 atom stereocenters. The molecule has 0 radical (unpaired) electrons. The predicted octanol–water partition coefficient (Wildman–Crippen LogP) is 4.89. The van der Waals surface area contributed by atoms with Crippen molar-refractivity contribution < 1.29 is 13.3 Å². The van der Waals surface area contributed by atoms with E-state index < -0.39 is 8.80 Å². The van der Waals surface area contributed by atoms with Gasteiger partial charge >= 0.3 is 8.80 Å². The van der Waals surface area contributed by atoms with E-state index in [9.17, 15) is 0 Å². The van der Waals surface area contributed by atoms with E-state index in [1.165, 1.54) is 0 Å². The highest BCUT2D eigenvalue weighted by Crippen LogP contribution is 2.30. The number of benzene rings is 1. The topological polar surface area (TPSA) is 27.7 Å². The van der Waals surface area contributed by atoms with E-state index in [2.05, 4.69) is 94.4 Å². The molecule has 1 aromatic rings. The second-order valence-electron chi connectivity index (χ2n) is 9.47. The van der Waals surface area contributed by atoms with Gasteiger partial charge in [-0.25, -0.2) is 0 Å². The molecular formula is C20H36O3Si. The maximum absolute atomic E-state index is 6.62. The fourth-order valence-electron chi connectivity index (χ4n) is 2.72. The molecule has 24 heavy (non-hydrogen) atoms. The molecule has 0 aliphatic rings. The van der Waals surface area contributed by atoms with Gasteiger partial charge in [-0.15, -0.1) is 0 Å². The summed E-state index contributed by atoms with van der Waals surface area (Å²) in [6, 6.07) is 6.28. The highest BCUT2D eigenvalue weighted by Gasteiger charge is 2.53. The minimum Gasteiger partial charge on any atom is -0.365 e. The van der Waals surface area contributed by atoms with E-state index in [1.54, 1.807) is 0 Å². The molecular weight excluding hydrogens is 316 g/mol. The van der Waals surface area contributed by atoms with Gasteiger partial charge in [0.05, 0.1) is 16.8 Å². The zero-order valence-electron chi connectivity index (χ0n) is 17.5. The lowest BCUT2D eigenvalue weighted by Crippen LogP contribution is -2.66. The van der Waals surface area contributed by atoms with Gasteiger partial charge in [0, 0.05) is 5.19 Å². The summed E-state index contributed by atoms with van der Waals surface area (Å²) in [5.41, 5.74) is 1.17. The van der Waals surface area contributed by atoms with Gasteiger partial charge in [-0.2, -0.15) is 0 Å². The highest BCUT2D eigenvalue weighted by atomic mass is 28.4. The molecule has 138 valence electrons. The van der Waals surface area contributed by atoms with Crippen LogP contribution in [-0.4, -0.2) is 25.6 Å². The third-order valence-corrected chi connectivity index (χ3v) is 7.15. The first-order chi connectivity index (χ1) is 10.5. The normalized spacial score (nSPS) is 14.1. The Morgan fingerprint density at radius 2 is 0.917 bits per heavy atom. The monoisotopic (exact) mass is 352 g/mol. The Balaban J connectivity index is 3.67. The van der Waals surface area contributed by atoms with Gasteiger partial charge in [0.1, 0.15) is 0 Å².